The Morgan fingerprint density at radius 1 is 1.20 bits per heavy atom. The third kappa shape index (κ3) is 2.88. The molecule has 1 aromatic rings. The van der Waals surface area contributed by atoms with Crippen LogP contribution >= 0.6 is 0 Å². The van der Waals surface area contributed by atoms with E-state index in [1.165, 1.54) is 12.1 Å². The van der Waals surface area contributed by atoms with Crippen LogP contribution < -0.4 is 0 Å². The molecule has 0 saturated carbocycles. The highest BCUT2D eigenvalue weighted by Gasteiger charge is 1.94. The van der Waals surface area contributed by atoms with Gasteiger partial charge in [-0.2, -0.15) is 0 Å². The van der Waals surface area contributed by atoms with Crippen LogP contribution in [0.1, 0.15) is 6.42 Å². The van der Waals surface area contributed by atoms with Crippen LogP contribution in [-0.2, 0) is 0 Å². The zero-order chi connectivity index (χ0) is 10.5. The number of aliphatic imine (C=N–C) groups is 1. The van der Waals surface area contributed by atoms with Gasteiger partial charge >= 0.3 is 0 Å². The molecule has 75 valence electrons. The van der Waals surface area contributed by atoms with E-state index in [2.05, 4.69) is 17.5 Å². The fourth-order valence-electron chi connectivity index (χ4n) is 1.30. The van der Waals surface area contributed by atoms with E-state index in [-0.39, 0.29) is 5.82 Å². The van der Waals surface area contributed by atoms with Crippen molar-refractivity contribution in [2.45, 2.75) is 6.42 Å². The van der Waals surface area contributed by atoms with Crippen LogP contribution in [0.2, 0.25) is 0 Å². The molecule has 1 aliphatic carbocycles. The minimum atomic E-state index is -0.236. The second kappa shape index (κ2) is 4.69. The number of rotatable bonds is 2. The molecule has 2 rings (SSSR count). The van der Waals surface area contributed by atoms with E-state index in [4.69, 9.17) is 0 Å². The summed E-state index contributed by atoms with van der Waals surface area (Å²) in [5.74, 6) is -0.236. The summed E-state index contributed by atoms with van der Waals surface area (Å²) in [6.07, 6.45) is 10.9. The Morgan fingerprint density at radius 3 is 2.67 bits per heavy atom. The Morgan fingerprint density at radius 2 is 2.00 bits per heavy atom. The monoisotopic (exact) mass is 200 g/mol. The number of hydrogen-bond donors (Lipinski definition) is 0. The van der Waals surface area contributed by atoms with Crippen LogP contribution in [0.4, 0.5) is 10.1 Å². The van der Waals surface area contributed by atoms with Crippen molar-refractivity contribution in [2.24, 2.45) is 4.99 Å². The minimum Gasteiger partial charge on any atom is -0.256 e. The number of allylic oxidation sites excluding steroid dienone is 4. The Hall–Kier alpha value is -1.70. The summed E-state index contributed by atoms with van der Waals surface area (Å²) in [6, 6.07) is 6.13. The summed E-state index contributed by atoms with van der Waals surface area (Å²) in [4.78, 5) is 4.25. The van der Waals surface area contributed by atoms with Crippen LogP contribution in [0.3, 0.4) is 0 Å². The highest BCUT2D eigenvalue weighted by atomic mass is 19.1. The van der Waals surface area contributed by atoms with Gasteiger partial charge in [-0.1, -0.05) is 18.2 Å². The first-order valence-corrected chi connectivity index (χ1v) is 4.84. The van der Waals surface area contributed by atoms with Gasteiger partial charge in [-0.05, 0) is 42.7 Å². The standard InChI is InChI=1S/C13H11FN/c14-12-6-8-13(9-7-12)15-10-11-4-2-1-3-5-11/h1-2,4-10H,3H2/b15-10+. The van der Waals surface area contributed by atoms with E-state index in [9.17, 15) is 4.39 Å². The smallest absolute Gasteiger partial charge is 0.123 e. The average molecular weight is 200 g/mol. The van der Waals surface area contributed by atoms with Crippen LogP contribution in [0.25, 0.3) is 0 Å². The zero-order valence-corrected chi connectivity index (χ0v) is 8.23. The molecule has 0 aliphatic heterocycles. The molecule has 0 spiro atoms. The predicted octanol–water partition coefficient (Wildman–Crippen LogP) is 3.62. The summed E-state index contributed by atoms with van der Waals surface area (Å²) < 4.78 is 12.6. The van der Waals surface area contributed by atoms with Gasteiger partial charge in [0.2, 0.25) is 0 Å². The molecular weight excluding hydrogens is 189 g/mol. The largest absolute Gasteiger partial charge is 0.256 e. The molecule has 0 aromatic heterocycles. The molecule has 1 nitrogen and oxygen atoms in total. The lowest BCUT2D eigenvalue weighted by atomic mass is 10.1. The first kappa shape index (κ1) is 9.84. The quantitative estimate of drug-likeness (QED) is 0.646. The highest BCUT2D eigenvalue weighted by molar-refractivity contribution is 5.84. The van der Waals surface area contributed by atoms with Crippen LogP contribution in [0.15, 0.2) is 53.1 Å². The van der Waals surface area contributed by atoms with Crippen molar-refractivity contribution in [2.75, 3.05) is 0 Å². The van der Waals surface area contributed by atoms with Gasteiger partial charge in [0.1, 0.15) is 5.82 Å². The van der Waals surface area contributed by atoms with E-state index in [0.717, 1.165) is 17.7 Å². The average Bonchev–Trinajstić information content (AvgIpc) is 2.30. The molecule has 0 amide bonds. The van der Waals surface area contributed by atoms with E-state index < -0.39 is 0 Å². The molecule has 1 aliphatic rings. The summed E-state index contributed by atoms with van der Waals surface area (Å²) in [6.45, 7) is 0. The van der Waals surface area contributed by atoms with Crippen LogP contribution in [0, 0.1) is 12.2 Å². The van der Waals surface area contributed by atoms with Crippen molar-refractivity contribution in [3.05, 3.63) is 60.3 Å². The molecule has 2 heteroatoms. The van der Waals surface area contributed by atoms with Gasteiger partial charge < -0.3 is 0 Å². The zero-order valence-electron chi connectivity index (χ0n) is 8.23. The summed E-state index contributed by atoms with van der Waals surface area (Å²) in [5, 5.41) is 0. The van der Waals surface area contributed by atoms with E-state index in [0.29, 0.717) is 0 Å². The van der Waals surface area contributed by atoms with Gasteiger partial charge in [-0.25, -0.2) is 4.39 Å². The van der Waals surface area contributed by atoms with E-state index in [1.54, 1.807) is 18.3 Å². The third-order valence-electron chi connectivity index (χ3n) is 2.10. The molecule has 1 radical (unpaired) electrons. The summed E-state index contributed by atoms with van der Waals surface area (Å²) in [7, 11) is 0. The van der Waals surface area contributed by atoms with Crippen molar-refractivity contribution in [3.63, 3.8) is 0 Å². The third-order valence-corrected chi connectivity index (χ3v) is 2.10. The maximum Gasteiger partial charge on any atom is 0.123 e. The molecule has 0 unspecified atom stereocenters. The van der Waals surface area contributed by atoms with Gasteiger partial charge in [0, 0.05) is 6.21 Å². The number of halogens is 1. The van der Waals surface area contributed by atoms with Crippen molar-refractivity contribution in [1.82, 2.24) is 0 Å². The first-order valence-electron chi connectivity index (χ1n) is 4.84. The van der Waals surface area contributed by atoms with Gasteiger partial charge in [0.05, 0.1) is 5.69 Å². The normalized spacial score (nSPS) is 15.7. The minimum absolute atomic E-state index is 0.236. The van der Waals surface area contributed by atoms with Gasteiger partial charge in [0.15, 0.2) is 0 Å². The molecule has 0 atom stereocenters. The fourth-order valence-corrected chi connectivity index (χ4v) is 1.30. The summed E-state index contributed by atoms with van der Waals surface area (Å²) in [5.41, 5.74) is 1.85. The van der Waals surface area contributed by atoms with Gasteiger partial charge in [-0.3, -0.25) is 4.99 Å². The van der Waals surface area contributed by atoms with Crippen LogP contribution in [-0.4, -0.2) is 6.21 Å². The number of benzene rings is 1. The SMILES string of the molecule is Fc1ccc(/N=C/C2=CC[CH]C=C2)cc1. The lowest BCUT2D eigenvalue weighted by Gasteiger charge is -1.99. The van der Waals surface area contributed by atoms with Crippen LogP contribution in [0.5, 0.6) is 0 Å². The Balaban J connectivity index is 2.08. The van der Waals surface area contributed by atoms with E-state index >= 15 is 0 Å². The first-order chi connectivity index (χ1) is 7.34. The topological polar surface area (TPSA) is 12.4 Å². The van der Waals surface area contributed by atoms with Gasteiger partial charge in [-0.15, -0.1) is 0 Å². The van der Waals surface area contributed by atoms with Gasteiger partial charge in [0.25, 0.3) is 0 Å². The predicted molar refractivity (Wildman–Crippen MR) is 60.7 cm³/mol. The lowest BCUT2D eigenvalue weighted by Crippen LogP contribution is -1.85. The molecule has 1 aromatic carbocycles. The van der Waals surface area contributed by atoms with Crippen molar-refractivity contribution in [3.8, 4) is 0 Å². The van der Waals surface area contributed by atoms with Crippen molar-refractivity contribution >= 4 is 11.9 Å². The molecule has 0 saturated heterocycles. The van der Waals surface area contributed by atoms with Crippen molar-refractivity contribution < 1.29 is 4.39 Å². The Labute approximate surface area is 88.7 Å². The van der Waals surface area contributed by atoms with Crippen molar-refractivity contribution in [1.29, 1.82) is 0 Å². The molecule has 0 fully saturated rings. The molecule has 0 N–H and O–H groups in total. The molecule has 15 heavy (non-hydrogen) atoms. The second-order valence-corrected chi connectivity index (χ2v) is 3.27. The molecule has 0 bridgehead atoms. The van der Waals surface area contributed by atoms with E-state index in [1.807, 2.05) is 12.2 Å². The maximum absolute atomic E-state index is 12.6. The number of hydrogen-bond acceptors (Lipinski definition) is 1. The lowest BCUT2D eigenvalue weighted by molar-refractivity contribution is 0.628. The second-order valence-electron chi connectivity index (χ2n) is 3.27. The molecule has 0 heterocycles. The Bertz CT molecular complexity index is 413. The number of nitrogens with zero attached hydrogens (tertiary/aromatic N) is 1. The highest BCUT2D eigenvalue weighted by Crippen LogP contribution is 2.13. The maximum atomic E-state index is 12.6. The fraction of sp³-hybridized carbons (Fsp3) is 0.0769. The Kier molecular flexibility index (Phi) is 3.08. The summed E-state index contributed by atoms with van der Waals surface area (Å²) >= 11 is 0. The molecular formula is C13H11FN.